The summed E-state index contributed by atoms with van der Waals surface area (Å²) in [5.74, 6) is 1.01. The number of methoxy groups -OCH3 is 1. The van der Waals surface area contributed by atoms with E-state index in [1.54, 1.807) is 7.11 Å². The van der Waals surface area contributed by atoms with E-state index in [9.17, 15) is 0 Å². The first kappa shape index (κ1) is 20.4. The molecule has 146 valence electrons. The zero-order valence-electron chi connectivity index (χ0n) is 16.2. The molecule has 0 radical (unpaired) electrons. The van der Waals surface area contributed by atoms with Crippen LogP contribution >= 0.6 is 0 Å². The maximum Gasteiger partial charge on any atom is 0.194 e. The van der Waals surface area contributed by atoms with Crippen molar-refractivity contribution in [3.05, 3.63) is 0 Å². The number of likely N-dealkylation sites (tertiary alicyclic amines) is 1. The Morgan fingerprint density at radius 2 is 2.04 bits per heavy atom. The van der Waals surface area contributed by atoms with E-state index in [-0.39, 0.29) is 6.10 Å². The lowest BCUT2D eigenvalue weighted by Gasteiger charge is -2.35. The topological polar surface area (TPSA) is 58.6 Å². The van der Waals surface area contributed by atoms with E-state index in [4.69, 9.17) is 19.2 Å². The first-order valence-electron chi connectivity index (χ1n) is 9.66. The van der Waals surface area contributed by atoms with Gasteiger partial charge in [0.2, 0.25) is 0 Å². The summed E-state index contributed by atoms with van der Waals surface area (Å²) in [4.78, 5) is 9.49. The molecule has 0 aromatic carbocycles. The molecule has 2 heterocycles. The van der Waals surface area contributed by atoms with Crippen molar-refractivity contribution in [1.82, 2.24) is 15.1 Å². The van der Waals surface area contributed by atoms with E-state index in [0.717, 1.165) is 84.3 Å². The number of morpholine rings is 1. The molecule has 2 rings (SSSR count). The van der Waals surface area contributed by atoms with E-state index >= 15 is 0 Å². The second kappa shape index (κ2) is 11.7. The number of hydrogen-bond donors (Lipinski definition) is 1. The quantitative estimate of drug-likeness (QED) is 0.394. The Morgan fingerprint density at radius 3 is 2.72 bits per heavy atom. The molecule has 0 saturated carbocycles. The van der Waals surface area contributed by atoms with Crippen LogP contribution < -0.4 is 5.32 Å². The van der Waals surface area contributed by atoms with Gasteiger partial charge in [-0.05, 0) is 33.2 Å². The van der Waals surface area contributed by atoms with Gasteiger partial charge in [-0.1, -0.05) is 0 Å². The van der Waals surface area contributed by atoms with Gasteiger partial charge in [0, 0.05) is 53.0 Å². The van der Waals surface area contributed by atoms with Gasteiger partial charge in [0.1, 0.15) is 0 Å². The minimum absolute atomic E-state index is 0.203. The number of nitrogens with zero attached hydrogens (tertiary/aromatic N) is 3. The van der Waals surface area contributed by atoms with Crippen LogP contribution in [-0.2, 0) is 14.2 Å². The number of nitrogens with one attached hydrogen (secondary N) is 1. The molecule has 25 heavy (non-hydrogen) atoms. The minimum Gasteiger partial charge on any atom is -0.385 e. The normalized spacial score (nSPS) is 23.9. The number of rotatable bonds is 8. The highest BCUT2D eigenvalue weighted by Crippen LogP contribution is 2.14. The predicted molar refractivity (Wildman–Crippen MR) is 100 cm³/mol. The Morgan fingerprint density at radius 1 is 1.24 bits per heavy atom. The Kier molecular flexibility index (Phi) is 9.54. The molecule has 0 bridgehead atoms. The summed E-state index contributed by atoms with van der Waals surface area (Å²) in [6, 6.07) is 0. The molecule has 0 amide bonds. The van der Waals surface area contributed by atoms with Gasteiger partial charge in [0.25, 0.3) is 0 Å². The first-order valence-corrected chi connectivity index (χ1v) is 9.66. The van der Waals surface area contributed by atoms with Crippen molar-refractivity contribution in [3.8, 4) is 0 Å². The second-order valence-corrected chi connectivity index (χ2v) is 6.85. The monoisotopic (exact) mass is 356 g/mol. The lowest BCUT2D eigenvalue weighted by molar-refractivity contribution is -0.0139. The fourth-order valence-corrected chi connectivity index (χ4v) is 3.28. The maximum absolute atomic E-state index is 5.95. The fraction of sp³-hybridized carbons (Fsp3) is 0.944. The summed E-state index contributed by atoms with van der Waals surface area (Å²) >= 11 is 0. The molecule has 2 fully saturated rings. The lowest BCUT2D eigenvalue weighted by atomic mass is 10.1. The van der Waals surface area contributed by atoms with E-state index in [1.807, 2.05) is 0 Å². The van der Waals surface area contributed by atoms with Gasteiger partial charge >= 0.3 is 0 Å². The largest absolute Gasteiger partial charge is 0.385 e. The molecule has 1 unspecified atom stereocenters. The Bertz CT molecular complexity index is 387. The van der Waals surface area contributed by atoms with Crippen molar-refractivity contribution in [2.75, 3.05) is 73.2 Å². The minimum atomic E-state index is 0.203. The molecule has 1 N–H and O–H groups in total. The summed E-state index contributed by atoms with van der Waals surface area (Å²) in [7, 11) is 3.87. The summed E-state index contributed by atoms with van der Waals surface area (Å²) < 4.78 is 16.8. The van der Waals surface area contributed by atoms with Crippen molar-refractivity contribution in [2.45, 2.75) is 38.4 Å². The van der Waals surface area contributed by atoms with Crippen LogP contribution in [0.5, 0.6) is 0 Å². The van der Waals surface area contributed by atoms with Crippen LogP contribution in [0.15, 0.2) is 4.99 Å². The average molecular weight is 357 g/mol. The zero-order valence-corrected chi connectivity index (χ0v) is 16.2. The summed E-state index contributed by atoms with van der Waals surface area (Å²) in [6.07, 6.45) is 3.65. The molecular formula is C18H36N4O3. The number of guanidine groups is 1. The Hall–Kier alpha value is -0.890. The van der Waals surface area contributed by atoms with Crippen LogP contribution in [0.1, 0.15) is 26.2 Å². The summed E-state index contributed by atoms with van der Waals surface area (Å²) in [5, 5.41) is 3.43. The van der Waals surface area contributed by atoms with Crippen LogP contribution in [0.4, 0.5) is 0 Å². The zero-order chi connectivity index (χ0) is 17.9. The van der Waals surface area contributed by atoms with Crippen molar-refractivity contribution >= 4 is 5.96 Å². The van der Waals surface area contributed by atoms with Gasteiger partial charge in [0.15, 0.2) is 5.96 Å². The molecule has 2 aliphatic heterocycles. The van der Waals surface area contributed by atoms with Crippen LogP contribution in [0.25, 0.3) is 0 Å². The number of likely N-dealkylation sites (N-methyl/N-ethyl adjacent to an activating group) is 1. The van der Waals surface area contributed by atoms with Crippen molar-refractivity contribution in [3.63, 3.8) is 0 Å². The predicted octanol–water partition coefficient (Wildman–Crippen LogP) is 0.800. The molecule has 0 aromatic heterocycles. The molecule has 7 nitrogen and oxygen atoms in total. The van der Waals surface area contributed by atoms with E-state index < -0.39 is 0 Å². The maximum atomic E-state index is 5.95. The van der Waals surface area contributed by atoms with Gasteiger partial charge in [-0.15, -0.1) is 0 Å². The molecule has 0 spiro atoms. The van der Waals surface area contributed by atoms with Crippen LogP contribution in [0.3, 0.4) is 0 Å². The Labute approximate surface area is 152 Å². The van der Waals surface area contributed by atoms with Crippen molar-refractivity contribution in [2.24, 2.45) is 4.99 Å². The Balaban J connectivity index is 1.75. The fourth-order valence-electron chi connectivity index (χ4n) is 3.28. The highest BCUT2D eigenvalue weighted by molar-refractivity contribution is 5.80. The average Bonchev–Trinajstić information content (AvgIpc) is 2.63. The highest BCUT2D eigenvalue weighted by atomic mass is 16.5. The number of aliphatic imine (C=N–C) groups is 1. The summed E-state index contributed by atoms with van der Waals surface area (Å²) in [6.45, 7) is 10.0. The first-order chi connectivity index (χ1) is 12.2. The molecule has 2 aliphatic rings. The van der Waals surface area contributed by atoms with E-state index in [1.165, 1.54) is 0 Å². The van der Waals surface area contributed by atoms with Gasteiger partial charge in [0.05, 0.1) is 25.4 Å². The van der Waals surface area contributed by atoms with Gasteiger partial charge < -0.3 is 29.3 Å². The molecule has 7 heteroatoms. The molecule has 0 aliphatic carbocycles. The second-order valence-electron chi connectivity index (χ2n) is 6.85. The van der Waals surface area contributed by atoms with Crippen LogP contribution in [-0.4, -0.2) is 101 Å². The lowest BCUT2D eigenvalue weighted by Crippen LogP contribution is -2.48. The van der Waals surface area contributed by atoms with Crippen LogP contribution in [0, 0.1) is 0 Å². The van der Waals surface area contributed by atoms with E-state index in [2.05, 4.69) is 29.1 Å². The molecular weight excluding hydrogens is 320 g/mol. The highest BCUT2D eigenvalue weighted by Gasteiger charge is 2.23. The molecule has 1 atom stereocenters. The number of ether oxygens (including phenoxy) is 3. The standard InChI is InChI=1S/C18H36N4O3/c1-4-19-18(20-14-17-15-21(2)10-13-25-17)22-8-6-16(7-9-22)24-12-5-11-23-3/h16-17H,4-15H2,1-3H3,(H,19,20). The molecule has 2 saturated heterocycles. The van der Waals surface area contributed by atoms with Crippen LogP contribution in [0.2, 0.25) is 0 Å². The van der Waals surface area contributed by atoms with Gasteiger partial charge in [-0.25, -0.2) is 0 Å². The smallest absolute Gasteiger partial charge is 0.194 e. The van der Waals surface area contributed by atoms with E-state index in [0.29, 0.717) is 6.10 Å². The number of hydrogen-bond acceptors (Lipinski definition) is 5. The van der Waals surface area contributed by atoms with Gasteiger partial charge in [-0.3, -0.25) is 4.99 Å². The third kappa shape index (κ3) is 7.48. The van der Waals surface area contributed by atoms with Gasteiger partial charge in [-0.2, -0.15) is 0 Å². The number of piperidine rings is 1. The third-order valence-corrected chi connectivity index (χ3v) is 4.71. The molecule has 0 aromatic rings. The van der Waals surface area contributed by atoms with Crippen molar-refractivity contribution < 1.29 is 14.2 Å². The summed E-state index contributed by atoms with van der Waals surface area (Å²) in [5.41, 5.74) is 0. The van der Waals surface area contributed by atoms with Crippen molar-refractivity contribution in [1.29, 1.82) is 0 Å². The SMILES string of the molecule is CCNC(=NCC1CN(C)CCO1)N1CCC(OCCCOC)CC1. The third-order valence-electron chi connectivity index (χ3n) is 4.71.